The van der Waals surface area contributed by atoms with Crippen LogP contribution in [0.2, 0.25) is 0 Å². The summed E-state index contributed by atoms with van der Waals surface area (Å²) < 4.78 is 29.9. The van der Waals surface area contributed by atoms with Crippen molar-refractivity contribution in [3.05, 3.63) is 32.6 Å². The molecule has 7 nitrogen and oxygen atoms in total. The molecule has 110 valence electrons. The Morgan fingerprint density at radius 1 is 1.30 bits per heavy atom. The number of alkyl halides is 1. The molecular formula is C12H15FN2O5. The van der Waals surface area contributed by atoms with E-state index in [1.165, 1.54) is 6.20 Å². The molecule has 0 bridgehead atoms. The van der Waals surface area contributed by atoms with Crippen molar-refractivity contribution in [1.29, 1.82) is 0 Å². The molecule has 2 fully saturated rings. The van der Waals surface area contributed by atoms with E-state index < -0.39 is 48.1 Å². The van der Waals surface area contributed by atoms with E-state index in [4.69, 9.17) is 14.2 Å². The van der Waals surface area contributed by atoms with Gasteiger partial charge in [0.25, 0.3) is 5.56 Å². The zero-order chi connectivity index (χ0) is 14.5. The van der Waals surface area contributed by atoms with Crippen LogP contribution in [0.4, 0.5) is 4.39 Å². The van der Waals surface area contributed by atoms with Crippen LogP contribution in [0, 0.1) is 0 Å². The van der Waals surface area contributed by atoms with Gasteiger partial charge < -0.3 is 19.2 Å². The van der Waals surface area contributed by atoms with Crippen molar-refractivity contribution in [1.82, 2.24) is 9.97 Å². The van der Waals surface area contributed by atoms with Crippen molar-refractivity contribution in [2.45, 2.75) is 44.1 Å². The third-order valence-corrected chi connectivity index (χ3v) is 3.46. The highest BCUT2D eigenvalue weighted by Gasteiger charge is 2.56. The maximum atomic E-state index is 13.0. The molecule has 0 saturated carbocycles. The summed E-state index contributed by atoms with van der Waals surface area (Å²) in [6, 6.07) is 0. The maximum absolute atomic E-state index is 13.0. The van der Waals surface area contributed by atoms with Crippen molar-refractivity contribution in [3.8, 4) is 0 Å². The first-order valence-corrected chi connectivity index (χ1v) is 6.30. The molecule has 2 aliphatic rings. The molecule has 0 amide bonds. The molecule has 1 aromatic heterocycles. The molecule has 0 unspecified atom stereocenters. The monoisotopic (exact) mass is 286 g/mol. The van der Waals surface area contributed by atoms with Crippen LogP contribution in [-0.2, 0) is 14.2 Å². The van der Waals surface area contributed by atoms with Gasteiger partial charge in [0.2, 0.25) is 0 Å². The first-order valence-electron chi connectivity index (χ1n) is 6.30. The van der Waals surface area contributed by atoms with Crippen LogP contribution >= 0.6 is 0 Å². The average molecular weight is 286 g/mol. The van der Waals surface area contributed by atoms with Gasteiger partial charge in [0.15, 0.2) is 5.79 Å². The SMILES string of the molecule is CC1(C)O[C@@H]2[C@H](O1)[C@@H](CF)O[C@H]2c1c[nH]c(=O)[nH]c1=O. The Balaban J connectivity index is 1.98. The number of H-pyrrole nitrogens is 2. The maximum Gasteiger partial charge on any atom is 0.325 e. The summed E-state index contributed by atoms with van der Waals surface area (Å²) in [7, 11) is 0. The van der Waals surface area contributed by atoms with Gasteiger partial charge in [0.1, 0.15) is 31.1 Å². The highest BCUT2D eigenvalue weighted by atomic mass is 19.1. The lowest BCUT2D eigenvalue weighted by atomic mass is 10.0. The Morgan fingerprint density at radius 3 is 2.65 bits per heavy atom. The molecule has 3 heterocycles. The summed E-state index contributed by atoms with van der Waals surface area (Å²) in [6.07, 6.45) is -1.47. The zero-order valence-electron chi connectivity index (χ0n) is 11.0. The summed E-state index contributed by atoms with van der Waals surface area (Å²) in [5.74, 6) is -0.861. The summed E-state index contributed by atoms with van der Waals surface area (Å²) >= 11 is 0. The summed E-state index contributed by atoms with van der Waals surface area (Å²) in [5, 5.41) is 0. The largest absolute Gasteiger partial charge is 0.362 e. The second kappa shape index (κ2) is 4.51. The van der Waals surface area contributed by atoms with Crippen molar-refractivity contribution in [2.75, 3.05) is 6.67 Å². The van der Waals surface area contributed by atoms with Crippen molar-refractivity contribution >= 4 is 0 Å². The molecule has 0 aromatic carbocycles. The first-order chi connectivity index (χ1) is 9.41. The summed E-state index contributed by atoms with van der Waals surface area (Å²) in [6.45, 7) is 2.70. The standard InChI is InChI=1S/C12H15FN2O5/c1-12(2)19-8-6(3-13)18-7(9(8)20-12)5-4-14-11(17)15-10(5)16/h4,6-9H,3H2,1-2H3,(H2,14,15,16,17)/t6-,7+,8-,9+/m1/s1. The third-order valence-electron chi connectivity index (χ3n) is 3.46. The van der Waals surface area contributed by atoms with Gasteiger partial charge in [-0.25, -0.2) is 9.18 Å². The number of nitrogens with one attached hydrogen (secondary N) is 2. The Labute approximate surface area is 113 Å². The van der Waals surface area contributed by atoms with E-state index in [-0.39, 0.29) is 5.56 Å². The molecule has 8 heteroatoms. The molecule has 2 saturated heterocycles. The van der Waals surface area contributed by atoms with Gasteiger partial charge in [-0.1, -0.05) is 0 Å². The summed E-state index contributed by atoms with van der Waals surface area (Å²) in [4.78, 5) is 27.3. The Bertz CT molecular complexity index is 625. The van der Waals surface area contributed by atoms with E-state index >= 15 is 0 Å². The van der Waals surface area contributed by atoms with Gasteiger partial charge in [-0.2, -0.15) is 0 Å². The van der Waals surface area contributed by atoms with Crippen LogP contribution in [0.3, 0.4) is 0 Å². The van der Waals surface area contributed by atoms with Gasteiger partial charge >= 0.3 is 5.69 Å². The minimum Gasteiger partial charge on any atom is -0.362 e. The highest BCUT2D eigenvalue weighted by Crippen LogP contribution is 2.44. The molecule has 0 aliphatic carbocycles. The predicted molar refractivity (Wildman–Crippen MR) is 65.1 cm³/mol. The Hall–Kier alpha value is -1.51. The molecule has 0 spiro atoms. The van der Waals surface area contributed by atoms with E-state index in [1.807, 2.05) is 0 Å². The molecule has 0 radical (unpaired) electrons. The molecule has 3 rings (SSSR count). The van der Waals surface area contributed by atoms with Gasteiger partial charge in [-0.3, -0.25) is 9.78 Å². The topological polar surface area (TPSA) is 93.4 Å². The van der Waals surface area contributed by atoms with Crippen molar-refractivity contribution in [2.24, 2.45) is 0 Å². The van der Waals surface area contributed by atoms with Gasteiger partial charge in [-0.05, 0) is 13.8 Å². The lowest BCUT2D eigenvalue weighted by Crippen LogP contribution is -2.31. The molecule has 20 heavy (non-hydrogen) atoms. The van der Waals surface area contributed by atoms with E-state index in [0.717, 1.165) is 0 Å². The minimum atomic E-state index is -0.861. The van der Waals surface area contributed by atoms with Crippen LogP contribution in [0.25, 0.3) is 0 Å². The number of rotatable bonds is 2. The van der Waals surface area contributed by atoms with E-state index in [0.29, 0.717) is 0 Å². The van der Waals surface area contributed by atoms with Gasteiger partial charge in [-0.15, -0.1) is 0 Å². The number of hydrogen-bond donors (Lipinski definition) is 2. The van der Waals surface area contributed by atoms with Crippen LogP contribution in [0.5, 0.6) is 0 Å². The van der Waals surface area contributed by atoms with Crippen LogP contribution < -0.4 is 11.2 Å². The van der Waals surface area contributed by atoms with Gasteiger partial charge in [0.05, 0.1) is 5.56 Å². The highest BCUT2D eigenvalue weighted by molar-refractivity contribution is 5.15. The predicted octanol–water partition coefficient (Wildman–Crippen LogP) is -0.00730. The summed E-state index contributed by atoms with van der Waals surface area (Å²) in [5.41, 5.74) is -0.999. The van der Waals surface area contributed by atoms with E-state index in [1.54, 1.807) is 13.8 Å². The quantitative estimate of drug-likeness (QED) is 0.797. The van der Waals surface area contributed by atoms with Crippen molar-refractivity contribution < 1.29 is 18.6 Å². The Morgan fingerprint density at radius 2 is 2.00 bits per heavy atom. The van der Waals surface area contributed by atoms with Crippen LogP contribution in [-0.4, -0.2) is 40.7 Å². The number of aromatic nitrogens is 2. The average Bonchev–Trinajstić information content (AvgIpc) is 2.83. The molecule has 2 aliphatic heterocycles. The number of halogens is 1. The molecule has 1 aromatic rings. The van der Waals surface area contributed by atoms with E-state index in [2.05, 4.69) is 9.97 Å². The normalized spacial score (nSPS) is 35.1. The van der Waals surface area contributed by atoms with Crippen LogP contribution in [0.1, 0.15) is 25.5 Å². The van der Waals surface area contributed by atoms with Crippen LogP contribution in [0.15, 0.2) is 15.8 Å². The van der Waals surface area contributed by atoms with E-state index in [9.17, 15) is 14.0 Å². The van der Waals surface area contributed by atoms with Gasteiger partial charge in [0, 0.05) is 6.20 Å². The van der Waals surface area contributed by atoms with Crippen molar-refractivity contribution in [3.63, 3.8) is 0 Å². The lowest BCUT2D eigenvalue weighted by molar-refractivity contribution is -0.189. The smallest absolute Gasteiger partial charge is 0.325 e. The second-order valence-electron chi connectivity index (χ2n) is 5.34. The second-order valence-corrected chi connectivity index (χ2v) is 5.34. The number of fused-ring (bicyclic) bond motifs is 1. The fourth-order valence-electron chi connectivity index (χ4n) is 2.69. The minimum absolute atomic E-state index is 0.192. The molecular weight excluding hydrogens is 271 g/mol. The molecule has 2 N–H and O–H groups in total. The lowest BCUT2D eigenvalue weighted by Gasteiger charge is -2.23. The fourth-order valence-corrected chi connectivity index (χ4v) is 2.69. The zero-order valence-corrected chi connectivity index (χ0v) is 11.0. The third kappa shape index (κ3) is 2.09. The Kier molecular flexibility index (Phi) is 3.03. The number of ether oxygens (including phenoxy) is 3. The number of aromatic amines is 2. The fraction of sp³-hybridized carbons (Fsp3) is 0.667. The first kappa shape index (κ1) is 13.5. The number of hydrogen-bond acceptors (Lipinski definition) is 5. The molecule has 4 atom stereocenters.